The Morgan fingerprint density at radius 3 is 3.00 bits per heavy atom. The number of benzene rings is 2. The fourth-order valence-electron chi connectivity index (χ4n) is 4.81. The Labute approximate surface area is 159 Å². The molecule has 5 rings (SSSR count). The number of rotatable bonds is 2. The molecule has 26 heavy (non-hydrogen) atoms. The van der Waals surface area contributed by atoms with Crippen molar-refractivity contribution in [2.45, 2.75) is 31.5 Å². The Morgan fingerprint density at radius 2 is 2.12 bits per heavy atom. The van der Waals surface area contributed by atoms with E-state index in [0.29, 0.717) is 12.0 Å². The van der Waals surface area contributed by atoms with E-state index in [4.69, 9.17) is 16.3 Å². The maximum absolute atomic E-state index is 6.26. The molecule has 1 saturated heterocycles. The predicted molar refractivity (Wildman–Crippen MR) is 106 cm³/mol. The monoisotopic (exact) mass is 369 g/mol. The largest absolute Gasteiger partial charge is 0.365 e. The van der Waals surface area contributed by atoms with Gasteiger partial charge in [-0.15, -0.1) is 0 Å². The third-order valence-corrected chi connectivity index (χ3v) is 6.24. The molecule has 0 spiro atoms. The van der Waals surface area contributed by atoms with Crippen LogP contribution in [0, 0.1) is 6.92 Å². The first-order valence-electron chi connectivity index (χ1n) is 9.47. The normalized spacial score (nSPS) is 26.8. The Kier molecular flexibility index (Phi) is 4.07. The SMILES string of the molecule is Cc1cc(Cl)ccc1NC1OCCN2c3c1cccc3[C@@H]1CNCC[C@@H]12. The molecule has 0 amide bonds. The zero-order valence-electron chi connectivity index (χ0n) is 15.0. The molecular formula is C21H24ClN3O. The lowest BCUT2D eigenvalue weighted by Gasteiger charge is -2.33. The first kappa shape index (κ1) is 16.4. The fraction of sp³-hybridized carbons (Fsp3) is 0.429. The second-order valence-electron chi connectivity index (χ2n) is 7.50. The number of para-hydroxylation sites is 1. The molecule has 136 valence electrons. The van der Waals surface area contributed by atoms with Crippen molar-refractivity contribution in [2.75, 3.05) is 36.5 Å². The van der Waals surface area contributed by atoms with E-state index in [2.05, 4.69) is 40.7 Å². The standard InChI is InChI=1S/C21H24ClN3O/c1-13-11-14(22)5-6-18(13)24-21-16-4-2-3-15-17-12-23-8-7-19(17)25(20(15)16)9-10-26-21/h2-6,11,17,19,21,23-24H,7-10,12H2,1H3/t17-,19-,21?/m0/s1. The molecule has 2 aromatic carbocycles. The lowest BCUT2D eigenvalue weighted by Crippen LogP contribution is -2.44. The number of hydrogen-bond donors (Lipinski definition) is 2. The second kappa shape index (κ2) is 6.45. The van der Waals surface area contributed by atoms with Gasteiger partial charge in [-0.2, -0.15) is 0 Å². The summed E-state index contributed by atoms with van der Waals surface area (Å²) in [6.07, 6.45) is 1.07. The van der Waals surface area contributed by atoms with Gasteiger partial charge < -0.3 is 20.3 Å². The van der Waals surface area contributed by atoms with Crippen molar-refractivity contribution in [1.29, 1.82) is 0 Å². The van der Waals surface area contributed by atoms with Gasteiger partial charge in [0.25, 0.3) is 0 Å². The molecule has 0 bridgehead atoms. The first-order chi connectivity index (χ1) is 12.7. The maximum Gasteiger partial charge on any atom is 0.156 e. The number of piperidine rings is 1. The molecule has 0 aromatic heterocycles. The molecule has 3 aliphatic heterocycles. The number of nitrogens with zero attached hydrogens (tertiary/aromatic N) is 1. The van der Waals surface area contributed by atoms with Gasteiger partial charge in [0, 0.05) is 47.0 Å². The number of aryl methyl sites for hydroxylation is 1. The van der Waals surface area contributed by atoms with Crippen LogP contribution in [-0.4, -0.2) is 32.3 Å². The zero-order chi connectivity index (χ0) is 17.7. The Bertz CT molecular complexity index is 840. The quantitative estimate of drug-likeness (QED) is 0.837. The smallest absolute Gasteiger partial charge is 0.156 e. The number of halogens is 1. The molecule has 3 heterocycles. The highest BCUT2D eigenvalue weighted by Crippen LogP contribution is 2.48. The lowest BCUT2D eigenvalue weighted by molar-refractivity contribution is 0.0812. The summed E-state index contributed by atoms with van der Waals surface area (Å²) in [6.45, 7) is 5.95. The number of nitrogens with one attached hydrogen (secondary N) is 2. The number of fused-ring (bicyclic) bond motifs is 3. The summed E-state index contributed by atoms with van der Waals surface area (Å²) in [5.41, 5.74) is 6.33. The van der Waals surface area contributed by atoms with E-state index in [9.17, 15) is 0 Å². The van der Waals surface area contributed by atoms with Crippen molar-refractivity contribution in [2.24, 2.45) is 0 Å². The van der Waals surface area contributed by atoms with Gasteiger partial charge in [-0.1, -0.05) is 29.8 Å². The van der Waals surface area contributed by atoms with E-state index < -0.39 is 0 Å². The van der Waals surface area contributed by atoms with Crippen molar-refractivity contribution in [1.82, 2.24) is 5.32 Å². The van der Waals surface area contributed by atoms with Crippen LogP contribution >= 0.6 is 11.6 Å². The highest BCUT2D eigenvalue weighted by Gasteiger charge is 2.42. The average Bonchev–Trinajstić information content (AvgIpc) is 2.85. The number of hydrogen-bond acceptors (Lipinski definition) is 4. The van der Waals surface area contributed by atoms with Crippen LogP contribution in [0.5, 0.6) is 0 Å². The Hall–Kier alpha value is -1.75. The van der Waals surface area contributed by atoms with E-state index in [-0.39, 0.29) is 6.23 Å². The number of anilines is 2. The van der Waals surface area contributed by atoms with Gasteiger partial charge in [-0.25, -0.2) is 0 Å². The summed E-state index contributed by atoms with van der Waals surface area (Å²) in [4.78, 5) is 2.60. The molecule has 2 aromatic rings. The van der Waals surface area contributed by atoms with E-state index >= 15 is 0 Å². The zero-order valence-corrected chi connectivity index (χ0v) is 15.7. The topological polar surface area (TPSA) is 36.5 Å². The van der Waals surface area contributed by atoms with Gasteiger partial charge >= 0.3 is 0 Å². The summed E-state index contributed by atoms with van der Waals surface area (Å²) >= 11 is 6.11. The van der Waals surface area contributed by atoms with Crippen molar-refractivity contribution < 1.29 is 4.74 Å². The Balaban J connectivity index is 1.54. The molecule has 0 radical (unpaired) electrons. The predicted octanol–water partition coefficient (Wildman–Crippen LogP) is 4.05. The molecule has 5 heteroatoms. The third-order valence-electron chi connectivity index (χ3n) is 6.01. The molecule has 4 nitrogen and oxygen atoms in total. The van der Waals surface area contributed by atoms with E-state index in [1.807, 2.05) is 18.2 Å². The summed E-state index contributed by atoms with van der Waals surface area (Å²) in [5.74, 6) is 0.592. The van der Waals surface area contributed by atoms with E-state index in [1.54, 1.807) is 0 Å². The van der Waals surface area contributed by atoms with Crippen LogP contribution in [-0.2, 0) is 4.74 Å². The molecule has 3 aliphatic rings. The van der Waals surface area contributed by atoms with Crippen LogP contribution in [0.4, 0.5) is 11.4 Å². The highest BCUT2D eigenvalue weighted by atomic mass is 35.5. The third kappa shape index (κ3) is 2.59. The van der Waals surface area contributed by atoms with Crippen molar-refractivity contribution in [3.63, 3.8) is 0 Å². The summed E-state index contributed by atoms with van der Waals surface area (Å²) < 4.78 is 6.26. The fourth-order valence-corrected chi connectivity index (χ4v) is 5.04. The van der Waals surface area contributed by atoms with Crippen LogP contribution in [0.3, 0.4) is 0 Å². The minimum atomic E-state index is -0.136. The molecular weight excluding hydrogens is 346 g/mol. The number of ether oxygens (including phenoxy) is 1. The van der Waals surface area contributed by atoms with Crippen molar-refractivity contribution >= 4 is 23.0 Å². The van der Waals surface area contributed by atoms with Crippen LogP contribution < -0.4 is 15.5 Å². The molecule has 3 atom stereocenters. The summed E-state index contributed by atoms with van der Waals surface area (Å²) in [5, 5.41) is 7.94. The molecule has 1 unspecified atom stereocenters. The second-order valence-corrected chi connectivity index (χ2v) is 7.94. The van der Waals surface area contributed by atoms with Gasteiger partial charge in [0.2, 0.25) is 0 Å². The minimum Gasteiger partial charge on any atom is -0.365 e. The van der Waals surface area contributed by atoms with Crippen LogP contribution in [0.15, 0.2) is 36.4 Å². The highest BCUT2D eigenvalue weighted by molar-refractivity contribution is 6.30. The summed E-state index contributed by atoms with van der Waals surface area (Å²) in [7, 11) is 0. The maximum atomic E-state index is 6.26. The molecule has 0 saturated carbocycles. The van der Waals surface area contributed by atoms with E-state index in [0.717, 1.165) is 42.5 Å². The van der Waals surface area contributed by atoms with Crippen molar-refractivity contribution in [3.05, 3.63) is 58.1 Å². The van der Waals surface area contributed by atoms with Crippen LogP contribution in [0.2, 0.25) is 5.02 Å². The average molecular weight is 370 g/mol. The van der Waals surface area contributed by atoms with E-state index in [1.165, 1.54) is 23.2 Å². The van der Waals surface area contributed by atoms with Crippen molar-refractivity contribution in [3.8, 4) is 0 Å². The van der Waals surface area contributed by atoms with Crippen LogP contribution in [0.1, 0.15) is 35.3 Å². The summed E-state index contributed by atoms with van der Waals surface area (Å²) in [6, 6.07) is 13.3. The first-order valence-corrected chi connectivity index (χ1v) is 9.84. The van der Waals surface area contributed by atoms with Gasteiger partial charge in [0.05, 0.1) is 6.61 Å². The van der Waals surface area contributed by atoms with Crippen LogP contribution in [0.25, 0.3) is 0 Å². The van der Waals surface area contributed by atoms with Gasteiger partial charge in [0.1, 0.15) is 0 Å². The molecule has 1 fully saturated rings. The van der Waals surface area contributed by atoms with Gasteiger partial charge in [-0.3, -0.25) is 0 Å². The lowest BCUT2D eigenvalue weighted by atomic mass is 9.89. The van der Waals surface area contributed by atoms with Gasteiger partial charge in [-0.05, 0) is 49.2 Å². The Morgan fingerprint density at radius 1 is 1.23 bits per heavy atom. The minimum absolute atomic E-state index is 0.136. The molecule has 2 N–H and O–H groups in total. The molecule has 0 aliphatic carbocycles. The van der Waals surface area contributed by atoms with Gasteiger partial charge in [0.15, 0.2) is 6.23 Å².